The Balaban J connectivity index is 2.42. The first-order valence-corrected chi connectivity index (χ1v) is 7.40. The largest absolute Gasteiger partial charge is 0.312 e. The fourth-order valence-corrected chi connectivity index (χ4v) is 2.43. The Labute approximate surface area is 99.2 Å². The fraction of sp³-hybridized carbons (Fsp3) is 1.00. The highest BCUT2D eigenvalue weighted by Crippen LogP contribution is 2.12. The summed E-state index contributed by atoms with van der Waals surface area (Å²) in [6, 6.07) is 0.682. The van der Waals surface area contributed by atoms with Gasteiger partial charge in [-0.2, -0.15) is 11.8 Å². The summed E-state index contributed by atoms with van der Waals surface area (Å²) in [6.07, 6.45) is 3.50. The molecule has 3 heteroatoms. The summed E-state index contributed by atoms with van der Waals surface area (Å²) >= 11 is 1.97. The minimum atomic E-state index is 0.682. The molecule has 0 aromatic heterocycles. The van der Waals surface area contributed by atoms with Crippen molar-refractivity contribution in [1.29, 1.82) is 0 Å². The summed E-state index contributed by atoms with van der Waals surface area (Å²) in [6.45, 7) is 11.9. The van der Waals surface area contributed by atoms with Gasteiger partial charge in [0.1, 0.15) is 0 Å². The Kier molecular flexibility index (Phi) is 6.02. The Morgan fingerprint density at radius 3 is 2.73 bits per heavy atom. The molecule has 0 aromatic carbocycles. The molecule has 2 atom stereocenters. The van der Waals surface area contributed by atoms with Crippen molar-refractivity contribution in [2.24, 2.45) is 5.92 Å². The molecule has 0 aromatic rings. The van der Waals surface area contributed by atoms with Crippen molar-refractivity contribution in [3.05, 3.63) is 0 Å². The zero-order valence-electron chi connectivity index (χ0n) is 10.6. The molecule has 1 aliphatic heterocycles. The highest BCUT2D eigenvalue weighted by molar-refractivity contribution is 7.99. The van der Waals surface area contributed by atoms with Gasteiger partial charge in [-0.1, -0.05) is 20.8 Å². The molecule has 0 aliphatic carbocycles. The Bertz CT molecular complexity index is 173. The molecule has 0 saturated carbocycles. The summed E-state index contributed by atoms with van der Waals surface area (Å²) in [5.74, 6) is 0.746. The van der Waals surface area contributed by atoms with Crippen LogP contribution in [0.5, 0.6) is 0 Å². The Morgan fingerprint density at radius 2 is 2.13 bits per heavy atom. The average Bonchev–Trinajstić information content (AvgIpc) is 2.43. The molecule has 2 nitrogen and oxygen atoms in total. The van der Waals surface area contributed by atoms with Crippen LogP contribution in [0.25, 0.3) is 0 Å². The maximum Gasteiger partial charge on any atom is 0.0217 e. The molecule has 1 rings (SSSR count). The highest BCUT2D eigenvalue weighted by atomic mass is 32.2. The van der Waals surface area contributed by atoms with Gasteiger partial charge in [0, 0.05) is 24.4 Å². The van der Waals surface area contributed by atoms with Gasteiger partial charge < -0.3 is 10.2 Å². The predicted molar refractivity (Wildman–Crippen MR) is 70.7 cm³/mol. The lowest BCUT2D eigenvalue weighted by Crippen LogP contribution is -2.42. The molecule has 90 valence electrons. The summed E-state index contributed by atoms with van der Waals surface area (Å²) in [7, 11) is 0. The van der Waals surface area contributed by atoms with Crippen molar-refractivity contribution < 1.29 is 0 Å². The zero-order chi connectivity index (χ0) is 11.3. The van der Waals surface area contributed by atoms with Crippen LogP contribution in [0.15, 0.2) is 0 Å². The number of nitrogens with zero attached hydrogens (tertiary/aromatic N) is 1. The molecular weight excluding hydrogens is 204 g/mol. The van der Waals surface area contributed by atoms with Crippen LogP contribution in [0, 0.1) is 5.92 Å². The smallest absolute Gasteiger partial charge is 0.0217 e. The van der Waals surface area contributed by atoms with E-state index in [1.54, 1.807) is 0 Å². The van der Waals surface area contributed by atoms with Gasteiger partial charge in [0.15, 0.2) is 0 Å². The molecule has 1 heterocycles. The SMILES string of the molecule is CSC(C)CN1CCCNC(C(C)C)C1. The van der Waals surface area contributed by atoms with E-state index in [4.69, 9.17) is 0 Å². The lowest BCUT2D eigenvalue weighted by molar-refractivity contribution is 0.248. The van der Waals surface area contributed by atoms with Gasteiger partial charge in [0.2, 0.25) is 0 Å². The van der Waals surface area contributed by atoms with E-state index in [0.717, 1.165) is 11.2 Å². The zero-order valence-corrected chi connectivity index (χ0v) is 11.4. The molecule has 1 fully saturated rings. The van der Waals surface area contributed by atoms with Crippen molar-refractivity contribution in [1.82, 2.24) is 10.2 Å². The van der Waals surface area contributed by atoms with Gasteiger partial charge in [-0.05, 0) is 31.7 Å². The van der Waals surface area contributed by atoms with Crippen molar-refractivity contribution >= 4 is 11.8 Å². The van der Waals surface area contributed by atoms with Crippen molar-refractivity contribution in [3.8, 4) is 0 Å². The Morgan fingerprint density at radius 1 is 1.40 bits per heavy atom. The first kappa shape index (κ1) is 13.3. The lowest BCUT2D eigenvalue weighted by Gasteiger charge is -2.28. The number of hydrogen-bond acceptors (Lipinski definition) is 3. The number of rotatable bonds is 4. The second-order valence-corrected chi connectivity index (χ2v) is 6.24. The van der Waals surface area contributed by atoms with E-state index < -0.39 is 0 Å². The van der Waals surface area contributed by atoms with Crippen LogP contribution >= 0.6 is 11.8 Å². The van der Waals surface area contributed by atoms with Crippen LogP contribution in [0.3, 0.4) is 0 Å². The highest BCUT2D eigenvalue weighted by Gasteiger charge is 2.20. The molecular formula is C12H26N2S. The second kappa shape index (κ2) is 6.77. The number of nitrogens with one attached hydrogen (secondary N) is 1. The van der Waals surface area contributed by atoms with Crippen LogP contribution < -0.4 is 5.32 Å². The van der Waals surface area contributed by atoms with Crippen LogP contribution in [0.2, 0.25) is 0 Å². The summed E-state index contributed by atoms with van der Waals surface area (Å²) in [5.41, 5.74) is 0. The first-order chi connectivity index (χ1) is 7.13. The van der Waals surface area contributed by atoms with Crippen LogP contribution in [0.1, 0.15) is 27.2 Å². The quantitative estimate of drug-likeness (QED) is 0.796. The second-order valence-electron chi connectivity index (χ2n) is 4.96. The van der Waals surface area contributed by atoms with Gasteiger partial charge in [0.25, 0.3) is 0 Å². The summed E-state index contributed by atoms with van der Waals surface area (Å²) in [5, 5.41) is 4.41. The molecule has 0 radical (unpaired) electrons. The van der Waals surface area contributed by atoms with Gasteiger partial charge in [-0.3, -0.25) is 0 Å². The third-order valence-electron chi connectivity index (χ3n) is 3.23. The predicted octanol–water partition coefficient (Wildman–Crippen LogP) is 2.06. The number of thioether (sulfide) groups is 1. The van der Waals surface area contributed by atoms with Crippen LogP contribution in [0.4, 0.5) is 0 Å². The maximum atomic E-state index is 3.65. The van der Waals surface area contributed by atoms with E-state index >= 15 is 0 Å². The molecule has 1 saturated heterocycles. The average molecular weight is 230 g/mol. The molecule has 2 unspecified atom stereocenters. The minimum absolute atomic E-state index is 0.682. The topological polar surface area (TPSA) is 15.3 Å². The van der Waals surface area contributed by atoms with Gasteiger partial charge >= 0.3 is 0 Å². The Hall–Kier alpha value is 0.270. The monoisotopic (exact) mass is 230 g/mol. The van der Waals surface area contributed by atoms with E-state index in [-0.39, 0.29) is 0 Å². The lowest BCUT2D eigenvalue weighted by atomic mass is 10.0. The first-order valence-electron chi connectivity index (χ1n) is 6.12. The third kappa shape index (κ3) is 4.75. The summed E-state index contributed by atoms with van der Waals surface area (Å²) < 4.78 is 0. The van der Waals surface area contributed by atoms with E-state index in [2.05, 4.69) is 37.2 Å². The molecule has 15 heavy (non-hydrogen) atoms. The molecule has 0 spiro atoms. The van der Waals surface area contributed by atoms with E-state index in [0.29, 0.717) is 6.04 Å². The van der Waals surface area contributed by atoms with E-state index in [1.807, 2.05) is 11.8 Å². The van der Waals surface area contributed by atoms with E-state index in [1.165, 1.54) is 32.6 Å². The van der Waals surface area contributed by atoms with Crippen molar-refractivity contribution in [2.45, 2.75) is 38.5 Å². The van der Waals surface area contributed by atoms with Gasteiger partial charge in [-0.25, -0.2) is 0 Å². The van der Waals surface area contributed by atoms with Gasteiger partial charge in [-0.15, -0.1) is 0 Å². The minimum Gasteiger partial charge on any atom is -0.312 e. The van der Waals surface area contributed by atoms with E-state index in [9.17, 15) is 0 Å². The molecule has 0 bridgehead atoms. The van der Waals surface area contributed by atoms with Gasteiger partial charge in [0.05, 0.1) is 0 Å². The maximum absolute atomic E-state index is 3.65. The fourth-order valence-electron chi connectivity index (χ4n) is 2.07. The van der Waals surface area contributed by atoms with Crippen molar-refractivity contribution in [3.63, 3.8) is 0 Å². The summed E-state index contributed by atoms with van der Waals surface area (Å²) in [4.78, 5) is 2.63. The van der Waals surface area contributed by atoms with Crippen molar-refractivity contribution in [2.75, 3.05) is 32.4 Å². The van der Waals surface area contributed by atoms with Crippen LogP contribution in [-0.4, -0.2) is 48.6 Å². The third-order valence-corrected chi connectivity index (χ3v) is 4.19. The normalized spacial score (nSPS) is 26.6. The molecule has 0 amide bonds. The molecule has 1 aliphatic rings. The number of hydrogen-bond donors (Lipinski definition) is 1. The van der Waals surface area contributed by atoms with Crippen LogP contribution in [-0.2, 0) is 0 Å². The molecule has 1 N–H and O–H groups in total. The standard InChI is InChI=1S/C12H26N2S/c1-10(2)12-9-14(7-5-6-13-12)8-11(3)15-4/h10-13H,5-9H2,1-4H3.